The maximum atomic E-state index is 4.43. The Bertz CT molecular complexity index is 729. The fraction of sp³-hybridized carbons (Fsp3) is 0.118. The van der Waals surface area contributed by atoms with Crippen molar-refractivity contribution in [3.8, 4) is 0 Å². The third-order valence-electron chi connectivity index (χ3n) is 3.14. The van der Waals surface area contributed by atoms with E-state index in [1.807, 2.05) is 48.0 Å². The summed E-state index contributed by atoms with van der Waals surface area (Å²) in [5.41, 5.74) is 1.17. The molecule has 0 saturated heterocycles. The highest BCUT2D eigenvalue weighted by Gasteiger charge is 2.05. The minimum Gasteiger partial charge on any atom is -0.346 e. The second kappa shape index (κ2) is 5.88. The Morgan fingerprint density at radius 1 is 1.20 bits per heavy atom. The number of aromatic nitrogens is 1. The summed E-state index contributed by atoms with van der Waals surface area (Å²) < 4.78 is 1.28. The molecule has 0 spiro atoms. The SMILES string of the molecule is CCc1cc2c(NC=Cc3ccccc3)nccc2s1. The molecule has 0 amide bonds. The summed E-state index contributed by atoms with van der Waals surface area (Å²) in [7, 11) is 0. The van der Waals surface area contributed by atoms with Gasteiger partial charge in [-0.3, -0.25) is 0 Å². The van der Waals surface area contributed by atoms with Crippen LogP contribution >= 0.6 is 11.3 Å². The van der Waals surface area contributed by atoms with Gasteiger partial charge in [0.1, 0.15) is 5.82 Å². The van der Waals surface area contributed by atoms with Gasteiger partial charge in [0.2, 0.25) is 0 Å². The third-order valence-corrected chi connectivity index (χ3v) is 4.38. The minimum atomic E-state index is 0.922. The summed E-state index contributed by atoms with van der Waals surface area (Å²) in [6.07, 6.45) is 6.92. The van der Waals surface area contributed by atoms with E-state index in [1.54, 1.807) is 0 Å². The van der Waals surface area contributed by atoms with Crippen molar-refractivity contribution in [2.24, 2.45) is 0 Å². The number of benzene rings is 1. The summed E-state index contributed by atoms with van der Waals surface area (Å²) in [6, 6.07) is 14.5. The van der Waals surface area contributed by atoms with Crippen LogP contribution in [0.2, 0.25) is 0 Å². The lowest BCUT2D eigenvalue weighted by Gasteiger charge is -2.01. The molecule has 3 rings (SSSR count). The van der Waals surface area contributed by atoms with Crippen LogP contribution in [0.3, 0.4) is 0 Å². The van der Waals surface area contributed by atoms with Gasteiger partial charge in [-0.2, -0.15) is 0 Å². The normalized spacial score (nSPS) is 11.2. The predicted molar refractivity (Wildman–Crippen MR) is 88.1 cm³/mol. The van der Waals surface area contributed by atoms with E-state index < -0.39 is 0 Å². The lowest BCUT2D eigenvalue weighted by molar-refractivity contribution is 1.19. The Hall–Kier alpha value is -2.13. The van der Waals surface area contributed by atoms with E-state index in [-0.39, 0.29) is 0 Å². The Kier molecular flexibility index (Phi) is 3.79. The fourth-order valence-corrected chi connectivity index (χ4v) is 3.08. The molecule has 0 saturated carbocycles. The van der Waals surface area contributed by atoms with Gasteiger partial charge in [0.05, 0.1) is 0 Å². The molecule has 3 heteroatoms. The van der Waals surface area contributed by atoms with Gasteiger partial charge >= 0.3 is 0 Å². The monoisotopic (exact) mass is 280 g/mol. The molecule has 1 aromatic carbocycles. The van der Waals surface area contributed by atoms with Gasteiger partial charge < -0.3 is 5.32 Å². The maximum absolute atomic E-state index is 4.43. The second-order valence-electron chi connectivity index (χ2n) is 4.53. The molecule has 0 aliphatic rings. The lowest BCUT2D eigenvalue weighted by Crippen LogP contribution is -1.90. The highest BCUT2D eigenvalue weighted by atomic mass is 32.1. The number of aryl methyl sites for hydroxylation is 1. The van der Waals surface area contributed by atoms with Gasteiger partial charge in [0.25, 0.3) is 0 Å². The van der Waals surface area contributed by atoms with Crippen molar-refractivity contribution in [2.75, 3.05) is 5.32 Å². The van der Waals surface area contributed by atoms with Crippen molar-refractivity contribution < 1.29 is 0 Å². The van der Waals surface area contributed by atoms with Gasteiger partial charge in [-0.1, -0.05) is 37.3 Å². The van der Waals surface area contributed by atoms with Crippen LogP contribution in [0.25, 0.3) is 16.2 Å². The van der Waals surface area contributed by atoms with E-state index in [2.05, 4.69) is 41.5 Å². The number of pyridine rings is 1. The van der Waals surface area contributed by atoms with E-state index in [0.717, 1.165) is 12.2 Å². The molecule has 20 heavy (non-hydrogen) atoms. The maximum Gasteiger partial charge on any atom is 0.138 e. The summed E-state index contributed by atoms with van der Waals surface area (Å²) in [5.74, 6) is 0.922. The highest BCUT2D eigenvalue weighted by Crippen LogP contribution is 2.30. The van der Waals surface area contributed by atoms with Crippen LogP contribution in [-0.4, -0.2) is 4.98 Å². The van der Waals surface area contributed by atoms with Gasteiger partial charge in [0.15, 0.2) is 0 Å². The van der Waals surface area contributed by atoms with Crippen LogP contribution in [0, 0.1) is 0 Å². The van der Waals surface area contributed by atoms with Crippen molar-refractivity contribution >= 4 is 33.3 Å². The number of hydrogen-bond acceptors (Lipinski definition) is 3. The van der Waals surface area contributed by atoms with Crippen LogP contribution in [0.15, 0.2) is 54.9 Å². The highest BCUT2D eigenvalue weighted by molar-refractivity contribution is 7.19. The van der Waals surface area contributed by atoms with Gasteiger partial charge in [-0.25, -0.2) is 4.98 Å². The molecular formula is C17H16N2S. The van der Waals surface area contributed by atoms with Crippen LogP contribution < -0.4 is 5.32 Å². The van der Waals surface area contributed by atoms with Gasteiger partial charge in [0, 0.05) is 27.4 Å². The number of nitrogens with zero attached hydrogens (tertiary/aromatic N) is 1. The summed E-state index contributed by atoms with van der Waals surface area (Å²) in [6.45, 7) is 2.18. The summed E-state index contributed by atoms with van der Waals surface area (Å²) >= 11 is 1.84. The van der Waals surface area contributed by atoms with E-state index in [9.17, 15) is 0 Å². The standard InChI is InChI=1S/C17H16N2S/c1-2-14-12-15-16(20-14)9-11-19-17(15)18-10-8-13-6-4-3-5-7-13/h3-12H,2H2,1H3,(H,18,19). The molecule has 3 aromatic rings. The van der Waals surface area contributed by atoms with Crippen molar-refractivity contribution in [3.05, 3.63) is 65.3 Å². The number of rotatable bonds is 4. The average Bonchev–Trinajstić information content (AvgIpc) is 2.92. The van der Waals surface area contributed by atoms with E-state index in [1.165, 1.54) is 20.5 Å². The number of fused-ring (bicyclic) bond motifs is 1. The zero-order valence-corrected chi connectivity index (χ0v) is 12.2. The first kappa shape index (κ1) is 12.9. The van der Waals surface area contributed by atoms with Crippen LogP contribution in [0.5, 0.6) is 0 Å². The van der Waals surface area contributed by atoms with Crippen LogP contribution in [-0.2, 0) is 6.42 Å². The van der Waals surface area contributed by atoms with Crippen LogP contribution in [0.1, 0.15) is 17.4 Å². The molecule has 0 aliphatic heterocycles. The molecule has 2 nitrogen and oxygen atoms in total. The minimum absolute atomic E-state index is 0.922. The molecule has 0 aliphatic carbocycles. The van der Waals surface area contributed by atoms with Crippen molar-refractivity contribution in [1.82, 2.24) is 4.98 Å². The van der Waals surface area contributed by atoms with E-state index >= 15 is 0 Å². The zero-order chi connectivity index (χ0) is 13.8. The zero-order valence-electron chi connectivity index (χ0n) is 11.3. The van der Waals surface area contributed by atoms with Crippen molar-refractivity contribution in [1.29, 1.82) is 0 Å². The third kappa shape index (κ3) is 2.73. The number of anilines is 1. The Morgan fingerprint density at radius 3 is 2.85 bits per heavy atom. The van der Waals surface area contributed by atoms with E-state index in [4.69, 9.17) is 0 Å². The molecule has 0 radical (unpaired) electrons. The Morgan fingerprint density at radius 2 is 2.05 bits per heavy atom. The smallest absolute Gasteiger partial charge is 0.138 e. The second-order valence-corrected chi connectivity index (χ2v) is 5.69. The first-order valence-corrected chi connectivity index (χ1v) is 7.54. The first-order valence-electron chi connectivity index (χ1n) is 6.72. The Labute approximate surface area is 122 Å². The predicted octanol–water partition coefficient (Wildman–Crippen LogP) is 4.94. The molecule has 2 heterocycles. The molecule has 2 aromatic heterocycles. The lowest BCUT2D eigenvalue weighted by atomic mass is 10.2. The average molecular weight is 280 g/mol. The number of hydrogen-bond donors (Lipinski definition) is 1. The topological polar surface area (TPSA) is 24.9 Å². The van der Waals surface area contributed by atoms with Crippen molar-refractivity contribution in [3.63, 3.8) is 0 Å². The molecular weight excluding hydrogens is 264 g/mol. The van der Waals surface area contributed by atoms with Gasteiger partial charge in [-0.15, -0.1) is 11.3 Å². The fourth-order valence-electron chi connectivity index (χ4n) is 2.09. The molecule has 100 valence electrons. The summed E-state index contributed by atoms with van der Waals surface area (Å²) in [5, 5.41) is 4.49. The molecule has 1 N–H and O–H groups in total. The molecule has 0 bridgehead atoms. The molecule has 0 atom stereocenters. The quantitative estimate of drug-likeness (QED) is 0.732. The van der Waals surface area contributed by atoms with Gasteiger partial charge in [-0.05, 0) is 30.2 Å². The van der Waals surface area contributed by atoms with E-state index in [0.29, 0.717) is 0 Å². The number of nitrogens with one attached hydrogen (secondary N) is 1. The number of thiophene rings is 1. The largest absolute Gasteiger partial charge is 0.346 e. The first-order chi connectivity index (χ1) is 9.86. The van der Waals surface area contributed by atoms with Crippen LogP contribution in [0.4, 0.5) is 5.82 Å². The summed E-state index contributed by atoms with van der Waals surface area (Å²) in [4.78, 5) is 5.82. The molecule has 0 unspecified atom stereocenters. The van der Waals surface area contributed by atoms with Crippen molar-refractivity contribution in [2.45, 2.75) is 13.3 Å². The molecule has 0 fully saturated rings. The Balaban J connectivity index is 1.84.